The molecule has 1 N–H and O–H groups in total. The fraction of sp³-hybridized carbons (Fsp3) is 0.529. The predicted molar refractivity (Wildman–Crippen MR) is 86.0 cm³/mol. The summed E-state index contributed by atoms with van der Waals surface area (Å²) in [6.45, 7) is 8.65. The Morgan fingerprint density at radius 3 is 2.50 bits per heavy atom. The number of nitrogens with one attached hydrogen (secondary N) is 1. The Labute approximate surface area is 131 Å². The Morgan fingerprint density at radius 1 is 1.32 bits per heavy atom. The van der Waals surface area contributed by atoms with E-state index >= 15 is 0 Å². The van der Waals surface area contributed by atoms with Crippen molar-refractivity contribution in [1.29, 1.82) is 0 Å². The van der Waals surface area contributed by atoms with Crippen molar-refractivity contribution < 1.29 is 14.3 Å². The number of anilines is 1. The third-order valence-corrected chi connectivity index (χ3v) is 3.60. The second kappa shape index (κ2) is 6.38. The van der Waals surface area contributed by atoms with E-state index in [1.807, 2.05) is 52.0 Å². The zero-order valence-electron chi connectivity index (χ0n) is 13.7. The zero-order chi connectivity index (χ0) is 16.3. The summed E-state index contributed by atoms with van der Waals surface area (Å²) in [6, 6.07) is 7.32. The third-order valence-electron chi connectivity index (χ3n) is 3.60. The molecule has 1 aliphatic heterocycles. The van der Waals surface area contributed by atoms with E-state index in [-0.39, 0.29) is 17.9 Å². The molecule has 5 nitrogen and oxygen atoms in total. The summed E-state index contributed by atoms with van der Waals surface area (Å²) in [4.78, 5) is 25.9. The van der Waals surface area contributed by atoms with Crippen molar-refractivity contribution in [2.75, 3.05) is 18.1 Å². The predicted octanol–water partition coefficient (Wildman–Crippen LogP) is 2.35. The maximum absolute atomic E-state index is 12.2. The Balaban J connectivity index is 2.01. The molecule has 1 atom stereocenters. The fourth-order valence-corrected chi connectivity index (χ4v) is 2.34. The van der Waals surface area contributed by atoms with Crippen LogP contribution < -0.4 is 15.0 Å². The van der Waals surface area contributed by atoms with Crippen LogP contribution in [0.4, 0.5) is 5.69 Å². The molecule has 0 aliphatic carbocycles. The van der Waals surface area contributed by atoms with Gasteiger partial charge >= 0.3 is 0 Å². The number of amides is 2. The highest BCUT2D eigenvalue weighted by Crippen LogP contribution is 2.25. The average Bonchev–Trinajstić information content (AvgIpc) is 2.80. The maximum atomic E-state index is 12.2. The van der Waals surface area contributed by atoms with Crippen LogP contribution in [-0.4, -0.2) is 31.0 Å². The van der Waals surface area contributed by atoms with E-state index in [1.54, 1.807) is 4.90 Å². The Hall–Kier alpha value is -2.04. The second-order valence-corrected chi connectivity index (χ2v) is 6.56. The number of ether oxygens (including phenoxy) is 1. The van der Waals surface area contributed by atoms with Gasteiger partial charge in [0.2, 0.25) is 11.8 Å². The highest BCUT2D eigenvalue weighted by Gasteiger charge is 2.33. The van der Waals surface area contributed by atoms with Crippen LogP contribution in [-0.2, 0) is 9.59 Å². The molecule has 0 aromatic heterocycles. The lowest BCUT2D eigenvalue weighted by Crippen LogP contribution is -2.43. The first-order chi connectivity index (χ1) is 10.3. The highest BCUT2D eigenvalue weighted by atomic mass is 16.5. The van der Waals surface area contributed by atoms with E-state index in [0.29, 0.717) is 19.6 Å². The number of hydrogen-bond donors (Lipinski definition) is 1. The first-order valence-corrected chi connectivity index (χ1v) is 7.65. The van der Waals surface area contributed by atoms with Crippen LogP contribution >= 0.6 is 0 Å². The SMILES string of the molecule is CCOc1ccc(N2C[C@H](NC(=O)C(C)(C)C)CC2=O)cc1. The standard InChI is InChI=1S/C17H24N2O3/c1-5-22-14-8-6-13(7-9-14)19-11-12(10-15(19)20)18-16(21)17(2,3)4/h6-9,12H,5,10-11H2,1-4H3,(H,18,21)/t12-/m1/s1. The van der Waals surface area contributed by atoms with Crippen molar-refractivity contribution >= 4 is 17.5 Å². The minimum absolute atomic E-state index is 0.0288. The molecule has 0 unspecified atom stereocenters. The summed E-state index contributed by atoms with van der Waals surface area (Å²) in [7, 11) is 0. The minimum Gasteiger partial charge on any atom is -0.494 e. The molecule has 1 aliphatic rings. The van der Waals surface area contributed by atoms with Crippen molar-refractivity contribution in [2.24, 2.45) is 5.41 Å². The average molecular weight is 304 g/mol. The minimum atomic E-state index is -0.449. The molecule has 5 heteroatoms. The molecule has 1 saturated heterocycles. The van der Waals surface area contributed by atoms with Gasteiger partial charge in [0.15, 0.2) is 0 Å². The number of benzene rings is 1. The van der Waals surface area contributed by atoms with Gasteiger partial charge in [-0.3, -0.25) is 9.59 Å². The largest absolute Gasteiger partial charge is 0.494 e. The number of nitrogens with zero attached hydrogens (tertiary/aromatic N) is 1. The number of hydrogen-bond acceptors (Lipinski definition) is 3. The van der Waals surface area contributed by atoms with Crippen molar-refractivity contribution in [2.45, 2.75) is 40.2 Å². The molecule has 2 amide bonds. The van der Waals surface area contributed by atoms with Gasteiger partial charge in [-0.05, 0) is 31.2 Å². The Kier molecular flexibility index (Phi) is 4.74. The Bertz CT molecular complexity index is 546. The van der Waals surface area contributed by atoms with Crippen molar-refractivity contribution in [3.63, 3.8) is 0 Å². The molecule has 2 rings (SSSR count). The quantitative estimate of drug-likeness (QED) is 0.929. The van der Waals surface area contributed by atoms with E-state index < -0.39 is 5.41 Å². The molecule has 1 fully saturated rings. The van der Waals surface area contributed by atoms with Crippen LogP contribution in [0.5, 0.6) is 5.75 Å². The second-order valence-electron chi connectivity index (χ2n) is 6.56. The normalized spacial score (nSPS) is 18.5. The molecule has 120 valence electrons. The van der Waals surface area contributed by atoms with Crippen LogP contribution in [0.2, 0.25) is 0 Å². The molecule has 0 radical (unpaired) electrons. The van der Waals surface area contributed by atoms with Gasteiger partial charge in [-0.25, -0.2) is 0 Å². The van der Waals surface area contributed by atoms with E-state index in [0.717, 1.165) is 11.4 Å². The van der Waals surface area contributed by atoms with Crippen LogP contribution in [0.15, 0.2) is 24.3 Å². The Morgan fingerprint density at radius 2 is 1.95 bits per heavy atom. The van der Waals surface area contributed by atoms with E-state index in [9.17, 15) is 9.59 Å². The topological polar surface area (TPSA) is 58.6 Å². The molecule has 0 saturated carbocycles. The molecular formula is C17H24N2O3. The zero-order valence-corrected chi connectivity index (χ0v) is 13.7. The molecule has 1 aromatic rings. The van der Waals surface area contributed by atoms with Crippen LogP contribution in [0.25, 0.3) is 0 Å². The van der Waals surface area contributed by atoms with Gasteiger partial charge < -0.3 is 15.0 Å². The molecule has 0 bridgehead atoms. The van der Waals surface area contributed by atoms with E-state index in [2.05, 4.69) is 5.32 Å². The van der Waals surface area contributed by atoms with Gasteiger partial charge in [-0.1, -0.05) is 20.8 Å². The van der Waals surface area contributed by atoms with Gasteiger partial charge in [-0.2, -0.15) is 0 Å². The van der Waals surface area contributed by atoms with Gasteiger partial charge in [0.1, 0.15) is 5.75 Å². The maximum Gasteiger partial charge on any atom is 0.229 e. The summed E-state index contributed by atoms with van der Waals surface area (Å²) in [5, 5.41) is 2.95. The summed E-state index contributed by atoms with van der Waals surface area (Å²) >= 11 is 0. The number of carbonyl (C=O) groups excluding carboxylic acids is 2. The summed E-state index contributed by atoms with van der Waals surface area (Å²) in [6.07, 6.45) is 0.342. The van der Waals surface area contributed by atoms with Gasteiger partial charge in [0, 0.05) is 24.1 Å². The van der Waals surface area contributed by atoms with Crippen LogP contribution in [0, 0.1) is 5.41 Å². The van der Waals surface area contributed by atoms with Crippen LogP contribution in [0.3, 0.4) is 0 Å². The lowest BCUT2D eigenvalue weighted by molar-refractivity contribution is -0.129. The van der Waals surface area contributed by atoms with E-state index in [4.69, 9.17) is 4.74 Å². The van der Waals surface area contributed by atoms with Crippen molar-refractivity contribution in [3.8, 4) is 5.75 Å². The molecular weight excluding hydrogens is 280 g/mol. The van der Waals surface area contributed by atoms with Crippen molar-refractivity contribution in [3.05, 3.63) is 24.3 Å². The first-order valence-electron chi connectivity index (χ1n) is 7.65. The molecule has 0 spiro atoms. The third kappa shape index (κ3) is 3.78. The monoisotopic (exact) mass is 304 g/mol. The number of carbonyl (C=O) groups is 2. The fourth-order valence-electron chi connectivity index (χ4n) is 2.34. The molecule has 1 aromatic carbocycles. The lowest BCUT2D eigenvalue weighted by Gasteiger charge is -2.22. The van der Waals surface area contributed by atoms with Crippen LogP contribution in [0.1, 0.15) is 34.1 Å². The van der Waals surface area contributed by atoms with Crippen molar-refractivity contribution in [1.82, 2.24) is 5.32 Å². The smallest absolute Gasteiger partial charge is 0.229 e. The van der Waals surface area contributed by atoms with Gasteiger partial charge in [-0.15, -0.1) is 0 Å². The first kappa shape index (κ1) is 16.3. The summed E-state index contributed by atoms with van der Waals surface area (Å²) in [5.41, 5.74) is 0.385. The molecule has 1 heterocycles. The van der Waals surface area contributed by atoms with Gasteiger partial charge in [0.25, 0.3) is 0 Å². The van der Waals surface area contributed by atoms with E-state index in [1.165, 1.54) is 0 Å². The summed E-state index contributed by atoms with van der Waals surface area (Å²) < 4.78 is 5.40. The number of rotatable bonds is 4. The molecule has 22 heavy (non-hydrogen) atoms. The highest BCUT2D eigenvalue weighted by molar-refractivity contribution is 5.97. The van der Waals surface area contributed by atoms with Gasteiger partial charge in [0.05, 0.1) is 12.6 Å². The lowest BCUT2D eigenvalue weighted by atomic mass is 9.95. The summed E-state index contributed by atoms with van der Waals surface area (Å²) in [5.74, 6) is 0.790.